The predicted molar refractivity (Wildman–Crippen MR) is 124 cm³/mol. The Bertz CT molecular complexity index is 966. The lowest BCUT2D eigenvalue weighted by molar-refractivity contribution is -0.115. The largest absolute Gasteiger partial charge is 0.325 e. The molecule has 0 fully saturated rings. The maximum absolute atomic E-state index is 12.5. The van der Waals surface area contributed by atoms with Crippen molar-refractivity contribution in [2.45, 2.75) is 57.9 Å². The first-order valence-corrected chi connectivity index (χ1v) is 12.4. The van der Waals surface area contributed by atoms with Gasteiger partial charge in [-0.15, -0.1) is 0 Å². The van der Waals surface area contributed by atoms with E-state index in [-0.39, 0.29) is 23.4 Å². The van der Waals surface area contributed by atoms with Crippen LogP contribution in [0.5, 0.6) is 0 Å². The van der Waals surface area contributed by atoms with Gasteiger partial charge in [0.25, 0.3) is 0 Å². The number of carbonyl (C=O) groups excluding carboxylic acids is 1. The summed E-state index contributed by atoms with van der Waals surface area (Å²) in [6.45, 7) is 10.6. The molecule has 164 valence electrons. The molecule has 0 aromatic heterocycles. The Morgan fingerprint density at radius 1 is 1.00 bits per heavy atom. The van der Waals surface area contributed by atoms with Crippen LogP contribution in [0, 0.1) is 12.8 Å². The van der Waals surface area contributed by atoms with Crippen LogP contribution in [-0.4, -0.2) is 27.1 Å². The van der Waals surface area contributed by atoms with Gasteiger partial charge in [-0.2, -0.15) is 0 Å². The van der Waals surface area contributed by atoms with Gasteiger partial charge in [-0.3, -0.25) is 4.79 Å². The first-order valence-electron chi connectivity index (χ1n) is 10.5. The van der Waals surface area contributed by atoms with Gasteiger partial charge >= 0.3 is 0 Å². The van der Waals surface area contributed by atoms with Gasteiger partial charge in [0.1, 0.15) is 0 Å². The van der Waals surface area contributed by atoms with E-state index in [0.717, 1.165) is 23.8 Å². The third-order valence-electron chi connectivity index (χ3n) is 5.54. The number of hydrogen-bond acceptors (Lipinski definition) is 4. The molecule has 1 amide bonds. The minimum atomic E-state index is -3.33. The highest BCUT2D eigenvalue weighted by atomic mass is 32.2. The summed E-state index contributed by atoms with van der Waals surface area (Å²) >= 11 is 0. The van der Waals surface area contributed by atoms with Gasteiger partial charge in [-0.25, -0.2) is 8.42 Å². The monoisotopic (exact) mass is 430 g/mol. The second-order valence-corrected chi connectivity index (χ2v) is 10.4. The van der Waals surface area contributed by atoms with Crippen LogP contribution in [0.15, 0.2) is 47.4 Å². The molecular formula is C24H34N2O3S. The molecule has 0 saturated heterocycles. The first kappa shape index (κ1) is 24.1. The fourth-order valence-corrected chi connectivity index (χ4v) is 4.02. The van der Waals surface area contributed by atoms with Crippen LogP contribution in [0.25, 0.3) is 0 Å². The Morgan fingerprint density at radius 2 is 1.60 bits per heavy atom. The summed E-state index contributed by atoms with van der Waals surface area (Å²) < 4.78 is 23.6. The minimum absolute atomic E-state index is 0.0465. The summed E-state index contributed by atoms with van der Waals surface area (Å²) in [4.78, 5) is 12.7. The molecule has 0 saturated carbocycles. The van der Waals surface area contributed by atoms with Crippen molar-refractivity contribution in [2.75, 3.05) is 18.1 Å². The number of sulfone groups is 1. The van der Waals surface area contributed by atoms with Crippen molar-refractivity contribution < 1.29 is 13.2 Å². The Kier molecular flexibility index (Phi) is 8.21. The Balaban J connectivity index is 2.07. The van der Waals surface area contributed by atoms with Gasteiger partial charge in [0.2, 0.25) is 5.91 Å². The fourth-order valence-electron chi connectivity index (χ4n) is 3.37. The third kappa shape index (κ3) is 6.41. The average Bonchev–Trinajstić information content (AvgIpc) is 2.68. The fraction of sp³-hybridized carbons (Fsp3) is 0.458. The molecule has 2 atom stereocenters. The summed E-state index contributed by atoms with van der Waals surface area (Å²) in [5.41, 5.74) is 3.81. The standard InChI is InChI=1S/C24H34N2O3S/c1-7-17(4)19-9-11-20(12-10-19)24(16(2)3)25-15-23(27)26-22-14-21(30(6,28)29)13-8-18(22)5/h8-14,16-17,24-25H,7,15H2,1-6H3,(H,26,27)/t17-,24-/m0/s1. The van der Waals surface area contributed by atoms with Crippen LogP contribution in [0.1, 0.15) is 62.8 Å². The third-order valence-corrected chi connectivity index (χ3v) is 6.65. The van der Waals surface area contributed by atoms with Crippen LogP contribution in [0.2, 0.25) is 0 Å². The first-order chi connectivity index (χ1) is 14.0. The molecule has 2 aromatic rings. The molecule has 5 nitrogen and oxygen atoms in total. The van der Waals surface area contributed by atoms with Crippen molar-refractivity contribution >= 4 is 21.4 Å². The molecule has 30 heavy (non-hydrogen) atoms. The molecule has 0 aliphatic heterocycles. The van der Waals surface area contributed by atoms with Crippen molar-refractivity contribution in [3.05, 3.63) is 59.2 Å². The van der Waals surface area contributed by atoms with E-state index >= 15 is 0 Å². The van der Waals surface area contributed by atoms with E-state index in [4.69, 9.17) is 0 Å². The van der Waals surface area contributed by atoms with Gasteiger partial charge in [-0.1, -0.05) is 58.0 Å². The average molecular weight is 431 g/mol. The van der Waals surface area contributed by atoms with Crippen LogP contribution in [-0.2, 0) is 14.6 Å². The molecule has 0 spiro atoms. The highest BCUT2D eigenvalue weighted by Crippen LogP contribution is 2.25. The van der Waals surface area contributed by atoms with Crippen LogP contribution >= 0.6 is 0 Å². The lowest BCUT2D eigenvalue weighted by Crippen LogP contribution is -2.33. The van der Waals surface area contributed by atoms with Gasteiger partial charge < -0.3 is 10.6 Å². The van der Waals surface area contributed by atoms with E-state index in [1.54, 1.807) is 12.1 Å². The highest BCUT2D eigenvalue weighted by molar-refractivity contribution is 7.90. The summed E-state index contributed by atoms with van der Waals surface area (Å²) in [6.07, 6.45) is 2.26. The normalized spacial score (nSPS) is 13.8. The number of benzene rings is 2. The number of hydrogen-bond donors (Lipinski definition) is 2. The van der Waals surface area contributed by atoms with E-state index in [0.29, 0.717) is 17.5 Å². The number of amides is 1. The number of rotatable bonds is 9. The Hall–Kier alpha value is -2.18. The maximum atomic E-state index is 12.5. The lowest BCUT2D eigenvalue weighted by Gasteiger charge is -2.23. The molecule has 0 aliphatic rings. The predicted octanol–water partition coefficient (Wildman–Crippen LogP) is 4.84. The van der Waals surface area contributed by atoms with Crippen LogP contribution < -0.4 is 10.6 Å². The lowest BCUT2D eigenvalue weighted by atomic mass is 9.92. The number of carbonyl (C=O) groups is 1. The zero-order chi connectivity index (χ0) is 22.5. The topological polar surface area (TPSA) is 75.3 Å². The Labute approximate surface area is 181 Å². The number of anilines is 1. The zero-order valence-corrected chi connectivity index (χ0v) is 19.6. The molecule has 0 aliphatic carbocycles. The van der Waals surface area contributed by atoms with Gasteiger partial charge in [-0.05, 0) is 54.0 Å². The van der Waals surface area contributed by atoms with Crippen LogP contribution in [0.4, 0.5) is 5.69 Å². The molecule has 0 unspecified atom stereocenters. The van der Waals surface area contributed by atoms with Crippen molar-refractivity contribution in [2.24, 2.45) is 5.92 Å². The molecule has 2 N–H and O–H groups in total. The van der Waals surface area contributed by atoms with E-state index in [1.165, 1.54) is 11.6 Å². The van der Waals surface area contributed by atoms with Gasteiger partial charge in [0.15, 0.2) is 9.84 Å². The molecular weight excluding hydrogens is 396 g/mol. The van der Waals surface area contributed by atoms with Crippen molar-refractivity contribution in [1.82, 2.24) is 5.32 Å². The molecule has 0 bridgehead atoms. The quantitative estimate of drug-likeness (QED) is 0.597. The van der Waals surface area contributed by atoms with Crippen molar-refractivity contribution in [3.8, 4) is 0 Å². The van der Waals surface area contributed by atoms with Gasteiger partial charge in [0, 0.05) is 18.0 Å². The molecule has 2 rings (SSSR count). The summed E-state index contributed by atoms with van der Waals surface area (Å²) in [5.74, 6) is 0.634. The summed E-state index contributed by atoms with van der Waals surface area (Å²) in [6, 6.07) is 13.4. The molecule has 0 radical (unpaired) electrons. The molecule has 6 heteroatoms. The highest BCUT2D eigenvalue weighted by Gasteiger charge is 2.18. The second-order valence-electron chi connectivity index (χ2n) is 8.38. The van der Waals surface area contributed by atoms with E-state index in [2.05, 4.69) is 62.6 Å². The second kappa shape index (κ2) is 10.2. The summed E-state index contributed by atoms with van der Waals surface area (Å²) in [7, 11) is -3.33. The van der Waals surface area contributed by atoms with Crippen molar-refractivity contribution in [3.63, 3.8) is 0 Å². The number of aryl methyl sites for hydroxylation is 1. The molecule has 2 aromatic carbocycles. The van der Waals surface area contributed by atoms with E-state index in [1.807, 2.05) is 6.92 Å². The van der Waals surface area contributed by atoms with Crippen LogP contribution in [0.3, 0.4) is 0 Å². The zero-order valence-electron chi connectivity index (χ0n) is 18.8. The smallest absolute Gasteiger partial charge is 0.238 e. The Morgan fingerprint density at radius 3 is 2.13 bits per heavy atom. The van der Waals surface area contributed by atoms with E-state index < -0.39 is 9.84 Å². The van der Waals surface area contributed by atoms with Gasteiger partial charge in [0.05, 0.1) is 11.4 Å². The van der Waals surface area contributed by atoms with E-state index in [9.17, 15) is 13.2 Å². The summed E-state index contributed by atoms with van der Waals surface area (Å²) in [5, 5.41) is 6.19. The molecule has 0 heterocycles. The minimum Gasteiger partial charge on any atom is -0.325 e. The SMILES string of the molecule is CC[C@H](C)c1ccc([C@@H](NCC(=O)Nc2cc(S(C)(=O)=O)ccc2C)C(C)C)cc1. The maximum Gasteiger partial charge on any atom is 0.238 e. The van der Waals surface area contributed by atoms with Crippen molar-refractivity contribution in [1.29, 1.82) is 0 Å². The number of nitrogens with one attached hydrogen (secondary N) is 2.